The van der Waals surface area contributed by atoms with Crippen molar-refractivity contribution in [3.05, 3.63) is 53.6 Å². The largest absolute Gasteiger partial charge is 0.465 e. The Labute approximate surface area is 104 Å². The van der Waals surface area contributed by atoms with Crippen LogP contribution in [0.3, 0.4) is 0 Å². The van der Waals surface area contributed by atoms with Crippen molar-refractivity contribution >= 4 is 12.3 Å². The van der Waals surface area contributed by atoms with Crippen molar-refractivity contribution in [2.45, 2.75) is 6.54 Å². The number of hydrogen-bond acceptors (Lipinski definition) is 4. The lowest BCUT2D eigenvalue weighted by Gasteiger charge is -2.06. The summed E-state index contributed by atoms with van der Waals surface area (Å²) in [6.07, 6.45) is 3.82. The summed E-state index contributed by atoms with van der Waals surface area (Å²) in [5, 5.41) is 0. The topological polar surface area (TPSA) is 61.2 Å². The van der Waals surface area contributed by atoms with Gasteiger partial charge in [-0.15, -0.1) is 0 Å². The van der Waals surface area contributed by atoms with E-state index in [-0.39, 0.29) is 5.97 Å². The van der Waals surface area contributed by atoms with E-state index >= 15 is 0 Å². The molecule has 5 heteroatoms. The Kier molecular flexibility index (Phi) is 3.52. The van der Waals surface area contributed by atoms with Crippen LogP contribution < -0.4 is 0 Å². The predicted octanol–water partition coefficient (Wildman–Crippen LogP) is 1.53. The van der Waals surface area contributed by atoms with E-state index in [1.54, 1.807) is 29.1 Å². The molecular weight excluding hydrogens is 232 g/mol. The highest BCUT2D eigenvalue weighted by Crippen LogP contribution is 2.09. The van der Waals surface area contributed by atoms with Crippen LogP contribution in [0.5, 0.6) is 0 Å². The number of esters is 1. The van der Waals surface area contributed by atoms with E-state index in [4.69, 9.17) is 0 Å². The number of aromatic nitrogens is 2. The van der Waals surface area contributed by atoms with Gasteiger partial charge in [0.05, 0.1) is 25.2 Å². The minimum atomic E-state index is -0.377. The van der Waals surface area contributed by atoms with E-state index in [2.05, 4.69) is 9.72 Å². The smallest absolute Gasteiger partial charge is 0.337 e. The predicted molar refractivity (Wildman–Crippen MR) is 64.5 cm³/mol. The molecule has 92 valence electrons. The van der Waals surface area contributed by atoms with E-state index < -0.39 is 0 Å². The summed E-state index contributed by atoms with van der Waals surface area (Å²) in [7, 11) is 1.34. The molecule has 1 heterocycles. The van der Waals surface area contributed by atoms with Gasteiger partial charge in [0, 0.05) is 6.54 Å². The Balaban J connectivity index is 2.24. The van der Waals surface area contributed by atoms with Crippen LogP contribution in [0.15, 0.2) is 36.8 Å². The maximum atomic E-state index is 11.4. The number of carbonyl (C=O) groups excluding carboxylic acids is 2. The molecule has 0 atom stereocenters. The summed E-state index contributed by atoms with van der Waals surface area (Å²) in [6.45, 7) is 0.485. The molecule has 18 heavy (non-hydrogen) atoms. The normalized spacial score (nSPS) is 10.1. The zero-order chi connectivity index (χ0) is 13.0. The third kappa shape index (κ3) is 2.45. The van der Waals surface area contributed by atoms with Crippen LogP contribution in [-0.2, 0) is 11.3 Å². The van der Waals surface area contributed by atoms with Gasteiger partial charge in [0.15, 0.2) is 6.29 Å². The maximum absolute atomic E-state index is 11.4. The summed E-state index contributed by atoms with van der Waals surface area (Å²) < 4.78 is 6.37. The molecule has 1 aromatic heterocycles. The highest BCUT2D eigenvalue weighted by atomic mass is 16.5. The lowest BCUT2D eigenvalue weighted by molar-refractivity contribution is 0.0600. The zero-order valence-corrected chi connectivity index (χ0v) is 9.87. The molecule has 0 saturated carbocycles. The van der Waals surface area contributed by atoms with Gasteiger partial charge in [-0.05, 0) is 17.7 Å². The van der Waals surface area contributed by atoms with Crippen molar-refractivity contribution in [2.75, 3.05) is 7.11 Å². The molecule has 2 rings (SSSR count). The lowest BCUT2D eigenvalue weighted by atomic mass is 10.1. The number of ether oxygens (including phenoxy) is 1. The summed E-state index contributed by atoms with van der Waals surface area (Å²) in [6, 6.07) is 7.07. The minimum Gasteiger partial charge on any atom is -0.465 e. The summed E-state index contributed by atoms with van der Waals surface area (Å²) >= 11 is 0. The number of rotatable bonds is 4. The van der Waals surface area contributed by atoms with Gasteiger partial charge >= 0.3 is 5.97 Å². The van der Waals surface area contributed by atoms with Gasteiger partial charge in [0.2, 0.25) is 0 Å². The molecule has 0 amide bonds. The average molecular weight is 244 g/mol. The van der Waals surface area contributed by atoms with Gasteiger partial charge in [-0.1, -0.05) is 12.1 Å². The van der Waals surface area contributed by atoms with Gasteiger partial charge in [0.1, 0.15) is 5.69 Å². The zero-order valence-electron chi connectivity index (χ0n) is 9.87. The van der Waals surface area contributed by atoms with Crippen LogP contribution in [0.2, 0.25) is 0 Å². The standard InChI is InChI=1S/C13H12N2O3/c1-18-13(17)11-4-2-3-10(5-11)7-15-9-14-6-12(15)8-16/h2-6,8-9H,7H2,1H3. The van der Waals surface area contributed by atoms with Gasteiger partial charge in [-0.25, -0.2) is 9.78 Å². The summed E-state index contributed by atoms with van der Waals surface area (Å²) in [4.78, 5) is 26.1. The van der Waals surface area contributed by atoms with Crippen LogP contribution in [0, 0.1) is 0 Å². The second kappa shape index (κ2) is 5.27. The van der Waals surface area contributed by atoms with E-state index in [0.717, 1.165) is 11.8 Å². The van der Waals surface area contributed by atoms with Crippen LogP contribution in [0.1, 0.15) is 26.4 Å². The highest BCUT2D eigenvalue weighted by molar-refractivity contribution is 5.89. The molecule has 0 aliphatic heterocycles. The Hall–Kier alpha value is -2.43. The number of imidazole rings is 1. The quantitative estimate of drug-likeness (QED) is 0.604. The number of benzene rings is 1. The molecule has 2 aromatic rings. The molecule has 1 aromatic carbocycles. The molecule has 0 spiro atoms. The molecule has 0 aliphatic carbocycles. The second-order valence-electron chi connectivity index (χ2n) is 3.76. The molecule has 0 aliphatic rings. The molecule has 0 fully saturated rings. The fraction of sp³-hybridized carbons (Fsp3) is 0.154. The number of methoxy groups -OCH3 is 1. The molecule has 0 bridgehead atoms. The number of carbonyl (C=O) groups is 2. The Morgan fingerprint density at radius 1 is 1.50 bits per heavy atom. The number of aldehydes is 1. The first kappa shape index (κ1) is 12.0. The number of nitrogens with zero attached hydrogens (tertiary/aromatic N) is 2. The van der Waals surface area contributed by atoms with Gasteiger partial charge in [0.25, 0.3) is 0 Å². The third-order valence-corrected chi connectivity index (χ3v) is 2.57. The number of hydrogen-bond donors (Lipinski definition) is 0. The van der Waals surface area contributed by atoms with E-state index in [9.17, 15) is 9.59 Å². The SMILES string of the molecule is COC(=O)c1cccc(Cn2cncc2C=O)c1. The third-order valence-electron chi connectivity index (χ3n) is 2.57. The average Bonchev–Trinajstić information content (AvgIpc) is 2.85. The molecule has 0 unspecified atom stereocenters. The van der Waals surface area contributed by atoms with Crippen LogP contribution >= 0.6 is 0 Å². The van der Waals surface area contributed by atoms with Crippen molar-refractivity contribution < 1.29 is 14.3 Å². The van der Waals surface area contributed by atoms with Crippen molar-refractivity contribution in [1.82, 2.24) is 9.55 Å². The Morgan fingerprint density at radius 2 is 2.33 bits per heavy atom. The summed E-state index contributed by atoms with van der Waals surface area (Å²) in [5.74, 6) is -0.377. The molecular formula is C13H12N2O3. The fourth-order valence-corrected chi connectivity index (χ4v) is 1.67. The van der Waals surface area contributed by atoms with Crippen molar-refractivity contribution in [3.8, 4) is 0 Å². The monoisotopic (exact) mass is 244 g/mol. The molecule has 5 nitrogen and oxygen atoms in total. The minimum absolute atomic E-state index is 0.377. The first-order chi connectivity index (χ1) is 8.74. The highest BCUT2D eigenvalue weighted by Gasteiger charge is 2.07. The van der Waals surface area contributed by atoms with E-state index in [0.29, 0.717) is 17.8 Å². The Bertz CT molecular complexity index is 575. The molecule has 0 saturated heterocycles. The lowest BCUT2D eigenvalue weighted by Crippen LogP contribution is -2.05. The van der Waals surface area contributed by atoms with Crippen molar-refractivity contribution in [2.24, 2.45) is 0 Å². The van der Waals surface area contributed by atoms with Crippen molar-refractivity contribution in [1.29, 1.82) is 0 Å². The van der Waals surface area contributed by atoms with Gasteiger partial charge in [-0.3, -0.25) is 4.79 Å². The fourth-order valence-electron chi connectivity index (χ4n) is 1.67. The Morgan fingerprint density at radius 3 is 3.06 bits per heavy atom. The summed E-state index contributed by atoms with van der Waals surface area (Å²) in [5.41, 5.74) is 1.89. The molecule has 0 N–H and O–H groups in total. The maximum Gasteiger partial charge on any atom is 0.337 e. The van der Waals surface area contributed by atoms with Gasteiger partial charge in [-0.2, -0.15) is 0 Å². The van der Waals surface area contributed by atoms with E-state index in [1.807, 2.05) is 6.07 Å². The second-order valence-corrected chi connectivity index (χ2v) is 3.76. The van der Waals surface area contributed by atoms with Crippen molar-refractivity contribution in [3.63, 3.8) is 0 Å². The van der Waals surface area contributed by atoms with Crippen LogP contribution in [0.4, 0.5) is 0 Å². The van der Waals surface area contributed by atoms with Crippen LogP contribution in [-0.4, -0.2) is 28.9 Å². The first-order valence-corrected chi connectivity index (χ1v) is 5.37. The van der Waals surface area contributed by atoms with Gasteiger partial charge < -0.3 is 9.30 Å². The first-order valence-electron chi connectivity index (χ1n) is 5.37. The van der Waals surface area contributed by atoms with E-state index in [1.165, 1.54) is 13.3 Å². The molecule has 0 radical (unpaired) electrons. The van der Waals surface area contributed by atoms with Crippen LogP contribution in [0.25, 0.3) is 0 Å².